The molecule has 18 heavy (non-hydrogen) atoms. The molecule has 1 amide bonds. The zero-order chi connectivity index (χ0) is 13.1. The summed E-state index contributed by atoms with van der Waals surface area (Å²) in [7, 11) is 0. The molecule has 2 heterocycles. The first-order chi connectivity index (χ1) is 8.63. The van der Waals surface area contributed by atoms with Crippen molar-refractivity contribution in [2.24, 2.45) is 17.4 Å². The van der Waals surface area contributed by atoms with Crippen molar-refractivity contribution in [3.63, 3.8) is 0 Å². The van der Waals surface area contributed by atoms with Crippen molar-refractivity contribution in [2.45, 2.75) is 31.8 Å². The number of anilines is 1. The van der Waals surface area contributed by atoms with Crippen LogP contribution in [0.1, 0.15) is 19.8 Å². The summed E-state index contributed by atoms with van der Waals surface area (Å²) in [6, 6.07) is 3.59. The van der Waals surface area contributed by atoms with Gasteiger partial charge in [-0.3, -0.25) is 9.78 Å². The standard InChI is InChI=1S/C13H20N4O/c1-2-9-7-10(14)8-17(12(9)13(15)18)11-3-5-16-6-4-11/h3-6,9-10,12H,2,7-8,14H2,1H3,(H2,15,18). The number of carbonyl (C=O) groups is 1. The topological polar surface area (TPSA) is 85.2 Å². The van der Waals surface area contributed by atoms with Crippen LogP contribution in [0.4, 0.5) is 5.69 Å². The molecule has 0 aliphatic carbocycles. The minimum absolute atomic E-state index is 0.0821. The first kappa shape index (κ1) is 12.8. The van der Waals surface area contributed by atoms with Crippen LogP contribution in [0.3, 0.4) is 0 Å². The molecule has 1 aliphatic rings. The Kier molecular flexibility index (Phi) is 3.81. The molecule has 2 rings (SSSR count). The van der Waals surface area contributed by atoms with Crippen molar-refractivity contribution in [3.8, 4) is 0 Å². The van der Waals surface area contributed by atoms with Gasteiger partial charge in [-0.2, -0.15) is 0 Å². The third-order valence-corrected chi connectivity index (χ3v) is 3.63. The largest absolute Gasteiger partial charge is 0.368 e. The summed E-state index contributed by atoms with van der Waals surface area (Å²) in [4.78, 5) is 17.8. The highest BCUT2D eigenvalue weighted by molar-refractivity contribution is 5.84. The normalized spacial score (nSPS) is 28.1. The van der Waals surface area contributed by atoms with Crippen molar-refractivity contribution >= 4 is 11.6 Å². The lowest BCUT2D eigenvalue weighted by Gasteiger charge is -2.43. The number of rotatable bonds is 3. The van der Waals surface area contributed by atoms with E-state index in [1.54, 1.807) is 12.4 Å². The Balaban J connectivity index is 2.32. The summed E-state index contributed by atoms with van der Waals surface area (Å²) in [6.07, 6.45) is 5.19. The van der Waals surface area contributed by atoms with Gasteiger partial charge in [-0.25, -0.2) is 0 Å². The lowest BCUT2D eigenvalue weighted by Crippen LogP contribution is -2.58. The maximum Gasteiger partial charge on any atom is 0.240 e. The van der Waals surface area contributed by atoms with Crippen LogP contribution in [-0.4, -0.2) is 29.5 Å². The summed E-state index contributed by atoms with van der Waals surface area (Å²) in [6.45, 7) is 2.73. The first-order valence-electron chi connectivity index (χ1n) is 6.35. The maximum atomic E-state index is 11.7. The summed E-state index contributed by atoms with van der Waals surface area (Å²) in [5, 5.41) is 0. The second-order valence-electron chi connectivity index (χ2n) is 4.87. The van der Waals surface area contributed by atoms with Crippen LogP contribution in [-0.2, 0) is 4.79 Å². The van der Waals surface area contributed by atoms with Crippen LogP contribution in [0.25, 0.3) is 0 Å². The average Bonchev–Trinajstić information content (AvgIpc) is 2.38. The highest BCUT2D eigenvalue weighted by Gasteiger charge is 2.37. The molecular formula is C13H20N4O. The third-order valence-electron chi connectivity index (χ3n) is 3.63. The van der Waals surface area contributed by atoms with Crippen molar-refractivity contribution in [3.05, 3.63) is 24.5 Å². The number of pyridine rings is 1. The lowest BCUT2D eigenvalue weighted by atomic mass is 9.84. The van der Waals surface area contributed by atoms with E-state index in [0.29, 0.717) is 6.54 Å². The number of carbonyl (C=O) groups excluding carboxylic acids is 1. The van der Waals surface area contributed by atoms with E-state index in [1.165, 1.54) is 0 Å². The van der Waals surface area contributed by atoms with Crippen LogP contribution in [0, 0.1) is 5.92 Å². The molecule has 1 aromatic heterocycles. The predicted octanol–water partition coefficient (Wildman–Crippen LogP) is 0.499. The monoisotopic (exact) mass is 248 g/mol. The number of hydrogen-bond acceptors (Lipinski definition) is 4. The minimum atomic E-state index is -0.273. The van der Waals surface area contributed by atoms with Crippen LogP contribution in [0.5, 0.6) is 0 Å². The van der Waals surface area contributed by atoms with Gasteiger partial charge in [0.15, 0.2) is 0 Å². The first-order valence-corrected chi connectivity index (χ1v) is 6.35. The molecule has 3 atom stereocenters. The van der Waals surface area contributed by atoms with Crippen LogP contribution < -0.4 is 16.4 Å². The van der Waals surface area contributed by atoms with Crippen LogP contribution in [0.2, 0.25) is 0 Å². The molecule has 0 spiro atoms. The second-order valence-corrected chi connectivity index (χ2v) is 4.87. The molecule has 5 nitrogen and oxygen atoms in total. The Hall–Kier alpha value is -1.62. The molecule has 1 fully saturated rings. The summed E-state index contributed by atoms with van der Waals surface area (Å²) in [5.74, 6) is -0.0509. The second kappa shape index (κ2) is 5.35. The Morgan fingerprint density at radius 2 is 2.17 bits per heavy atom. The minimum Gasteiger partial charge on any atom is -0.368 e. The van der Waals surface area contributed by atoms with Gasteiger partial charge in [0, 0.05) is 30.7 Å². The molecular weight excluding hydrogens is 228 g/mol. The van der Waals surface area contributed by atoms with Gasteiger partial charge in [0.2, 0.25) is 5.91 Å². The van der Waals surface area contributed by atoms with E-state index >= 15 is 0 Å². The van der Waals surface area contributed by atoms with Gasteiger partial charge in [0.05, 0.1) is 0 Å². The van der Waals surface area contributed by atoms with Gasteiger partial charge < -0.3 is 16.4 Å². The van der Waals surface area contributed by atoms with Gasteiger partial charge in [-0.1, -0.05) is 13.3 Å². The Morgan fingerprint density at radius 3 is 2.72 bits per heavy atom. The van der Waals surface area contributed by atoms with Gasteiger partial charge >= 0.3 is 0 Å². The number of nitrogens with two attached hydrogens (primary N) is 2. The Morgan fingerprint density at radius 1 is 1.50 bits per heavy atom. The molecule has 1 saturated heterocycles. The van der Waals surface area contributed by atoms with Crippen molar-refractivity contribution in [1.29, 1.82) is 0 Å². The summed E-state index contributed by atoms with van der Waals surface area (Å²) < 4.78 is 0. The Labute approximate surface area is 107 Å². The predicted molar refractivity (Wildman–Crippen MR) is 70.9 cm³/mol. The molecule has 0 saturated carbocycles. The van der Waals surface area contributed by atoms with Crippen LogP contribution in [0.15, 0.2) is 24.5 Å². The smallest absolute Gasteiger partial charge is 0.240 e. The van der Waals surface area contributed by atoms with E-state index in [9.17, 15) is 4.79 Å². The molecule has 98 valence electrons. The van der Waals surface area contributed by atoms with Crippen LogP contribution >= 0.6 is 0 Å². The molecule has 0 aromatic carbocycles. The fraction of sp³-hybridized carbons (Fsp3) is 0.538. The van der Waals surface area contributed by atoms with Crippen molar-refractivity contribution < 1.29 is 4.79 Å². The number of amides is 1. The zero-order valence-electron chi connectivity index (χ0n) is 10.6. The number of nitrogens with zero attached hydrogens (tertiary/aromatic N) is 2. The van der Waals surface area contributed by atoms with E-state index in [4.69, 9.17) is 11.5 Å². The van der Waals surface area contributed by atoms with E-state index in [2.05, 4.69) is 11.9 Å². The quantitative estimate of drug-likeness (QED) is 0.815. The molecule has 0 bridgehead atoms. The average molecular weight is 248 g/mol. The van der Waals surface area contributed by atoms with Gasteiger partial charge in [0.1, 0.15) is 6.04 Å². The fourth-order valence-corrected chi connectivity index (χ4v) is 2.79. The lowest BCUT2D eigenvalue weighted by molar-refractivity contribution is -0.121. The van der Waals surface area contributed by atoms with E-state index < -0.39 is 0 Å². The molecule has 1 aromatic rings. The molecule has 1 aliphatic heterocycles. The van der Waals surface area contributed by atoms with Crippen molar-refractivity contribution in [1.82, 2.24) is 4.98 Å². The highest BCUT2D eigenvalue weighted by atomic mass is 16.1. The van der Waals surface area contributed by atoms with Gasteiger partial charge in [-0.05, 0) is 24.5 Å². The molecule has 3 unspecified atom stereocenters. The third kappa shape index (κ3) is 2.46. The fourth-order valence-electron chi connectivity index (χ4n) is 2.79. The SMILES string of the molecule is CCC1CC(N)CN(c2ccncc2)C1C(N)=O. The van der Waals surface area contributed by atoms with Crippen molar-refractivity contribution in [2.75, 3.05) is 11.4 Å². The van der Waals surface area contributed by atoms with E-state index in [1.807, 2.05) is 17.0 Å². The molecule has 0 radical (unpaired) electrons. The molecule has 5 heteroatoms. The van der Waals surface area contributed by atoms with Gasteiger partial charge in [-0.15, -0.1) is 0 Å². The number of piperidine rings is 1. The highest BCUT2D eigenvalue weighted by Crippen LogP contribution is 2.29. The summed E-state index contributed by atoms with van der Waals surface area (Å²) in [5.41, 5.74) is 12.6. The number of primary amides is 1. The number of hydrogen-bond donors (Lipinski definition) is 2. The maximum absolute atomic E-state index is 11.7. The Bertz CT molecular complexity index is 409. The zero-order valence-corrected chi connectivity index (χ0v) is 10.6. The van der Waals surface area contributed by atoms with Gasteiger partial charge in [0.25, 0.3) is 0 Å². The van der Waals surface area contributed by atoms with E-state index in [-0.39, 0.29) is 23.9 Å². The number of aromatic nitrogens is 1. The summed E-state index contributed by atoms with van der Waals surface area (Å²) >= 11 is 0. The van der Waals surface area contributed by atoms with E-state index in [0.717, 1.165) is 18.5 Å². The molecule has 4 N–H and O–H groups in total.